The molecule has 1 aliphatic heterocycles. The fraction of sp³-hybridized carbons (Fsp3) is 0.448. The largest absolute Gasteiger partial charge is 0.484 e. The molecule has 2 aromatic carbocycles. The summed E-state index contributed by atoms with van der Waals surface area (Å²) in [6.07, 6.45) is 1.80. The number of hydrogen-bond acceptors (Lipinski definition) is 5. The average molecular weight is 541 g/mol. The van der Waals surface area contributed by atoms with E-state index in [1.54, 1.807) is 0 Å². The summed E-state index contributed by atoms with van der Waals surface area (Å²) in [5.41, 5.74) is 4.23. The number of carbonyl (C=O) groups excluding carboxylic acids is 2. The molecule has 8 nitrogen and oxygen atoms in total. The number of nitrogens with one attached hydrogen (secondary N) is 2. The summed E-state index contributed by atoms with van der Waals surface area (Å²) >= 11 is 6.26. The second kappa shape index (κ2) is 13.6. The van der Waals surface area contributed by atoms with Gasteiger partial charge in [-0.2, -0.15) is 0 Å². The Morgan fingerprint density at radius 2 is 2.00 bits per heavy atom. The van der Waals surface area contributed by atoms with E-state index in [1.807, 2.05) is 47.4 Å². The number of aromatic amines is 1. The summed E-state index contributed by atoms with van der Waals surface area (Å²) in [6.45, 7) is 10.0. The minimum atomic E-state index is -0.145. The third-order valence-electron chi connectivity index (χ3n) is 6.99. The molecule has 204 valence electrons. The molecule has 9 heteroatoms. The van der Waals surface area contributed by atoms with Crippen molar-refractivity contribution in [3.05, 3.63) is 64.3 Å². The quantitative estimate of drug-likeness (QED) is 0.321. The van der Waals surface area contributed by atoms with Crippen molar-refractivity contribution in [2.75, 3.05) is 59.1 Å². The number of benzene rings is 2. The van der Waals surface area contributed by atoms with E-state index in [-0.39, 0.29) is 18.4 Å². The van der Waals surface area contributed by atoms with E-state index in [0.717, 1.165) is 73.4 Å². The molecule has 4 rings (SSSR count). The molecule has 38 heavy (non-hydrogen) atoms. The number of halogens is 1. The number of rotatable bonds is 13. The van der Waals surface area contributed by atoms with Crippen LogP contribution in [0.25, 0.3) is 10.9 Å². The third-order valence-corrected chi connectivity index (χ3v) is 7.23. The molecule has 0 bridgehead atoms. The molecule has 0 spiro atoms. The molecule has 1 aromatic heterocycles. The van der Waals surface area contributed by atoms with Gasteiger partial charge in [0.15, 0.2) is 6.61 Å². The van der Waals surface area contributed by atoms with Crippen molar-refractivity contribution in [3.8, 4) is 5.75 Å². The number of hydrogen-bond donors (Lipinski definition) is 2. The first-order chi connectivity index (χ1) is 18.5. The Morgan fingerprint density at radius 3 is 2.71 bits per heavy atom. The van der Waals surface area contributed by atoms with Gasteiger partial charge in [0.1, 0.15) is 5.75 Å². The summed E-state index contributed by atoms with van der Waals surface area (Å²) in [6, 6.07) is 13.6. The maximum absolute atomic E-state index is 12.2. The Morgan fingerprint density at radius 1 is 1.24 bits per heavy atom. The Labute approximate surface area is 229 Å². The summed E-state index contributed by atoms with van der Waals surface area (Å²) < 4.78 is 11.1. The number of fused-ring (bicyclic) bond motifs is 1. The molecule has 0 saturated carbocycles. The smallest absolute Gasteiger partial charge is 0.257 e. The van der Waals surface area contributed by atoms with Crippen LogP contribution in [0.15, 0.2) is 42.5 Å². The van der Waals surface area contributed by atoms with Crippen LogP contribution in [0.1, 0.15) is 36.1 Å². The standard InChI is InChI=1S/C29H37ClN4O4/c1-3-11-34(20-35)18-26(29-21(2)25-17-23(30)6-9-27(25)32-29)22-4-7-24(8-5-22)38-19-28(36)31-10-12-33-13-15-37-16-14-33/h4-9,17,20,26,32H,3,10-16,18-19H2,1-2H3,(H,31,36). The van der Waals surface area contributed by atoms with Gasteiger partial charge in [-0.15, -0.1) is 0 Å². The summed E-state index contributed by atoms with van der Waals surface area (Å²) in [5, 5.41) is 4.68. The summed E-state index contributed by atoms with van der Waals surface area (Å²) in [4.78, 5) is 31.7. The van der Waals surface area contributed by atoms with Gasteiger partial charge in [0.05, 0.1) is 13.2 Å². The lowest BCUT2D eigenvalue weighted by molar-refractivity contribution is -0.123. The van der Waals surface area contributed by atoms with E-state index >= 15 is 0 Å². The van der Waals surface area contributed by atoms with Gasteiger partial charge < -0.3 is 24.7 Å². The van der Waals surface area contributed by atoms with Crippen LogP contribution in [0, 0.1) is 6.92 Å². The Kier molecular flexibility index (Phi) is 10.0. The van der Waals surface area contributed by atoms with Crippen LogP contribution in [-0.4, -0.2) is 86.2 Å². The van der Waals surface area contributed by atoms with Gasteiger partial charge in [-0.25, -0.2) is 0 Å². The minimum absolute atomic E-state index is 0.0385. The molecule has 2 N–H and O–H groups in total. The predicted octanol–water partition coefficient (Wildman–Crippen LogP) is 3.96. The molecule has 2 heterocycles. The molecule has 1 saturated heterocycles. The predicted molar refractivity (Wildman–Crippen MR) is 150 cm³/mol. The van der Waals surface area contributed by atoms with Crippen LogP contribution >= 0.6 is 11.6 Å². The molecule has 0 aliphatic carbocycles. The molecule has 1 aliphatic rings. The van der Waals surface area contributed by atoms with Crippen LogP contribution in [0.5, 0.6) is 5.75 Å². The summed E-state index contributed by atoms with van der Waals surface area (Å²) in [7, 11) is 0. The van der Waals surface area contributed by atoms with Crippen molar-refractivity contribution >= 4 is 34.8 Å². The van der Waals surface area contributed by atoms with E-state index in [9.17, 15) is 9.59 Å². The number of amides is 2. The zero-order valence-electron chi connectivity index (χ0n) is 22.2. The molecular weight excluding hydrogens is 504 g/mol. The zero-order chi connectivity index (χ0) is 26.9. The van der Waals surface area contributed by atoms with E-state index < -0.39 is 0 Å². The number of nitrogens with zero attached hydrogens (tertiary/aromatic N) is 2. The highest BCUT2D eigenvalue weighted by Crippen LogP contribution is 2.34. The lowest BCUT2D eigenvalue weighted by Crippen LogP contribution is -2.42. The topological polar surface area (TPSA) is 86.9 Å². The van der Waals surface area contributed by atoms with Crippen molar-refractivity contribution in [1.82, 2.24) is 20.1 Å². The van der Waals surface area contributed by atoms with Crippen molar-refractivity contribution in [3.63, 3.8) is 0 Å². The fourth-order valence-electron chi connectivity index (χ4n) is 4.91. The van der Waals surface area contributed by atoms with Crippen LogP contribution in [0.3, 0.4) is 0 Å². The van der Waals surface area contributed by atoms with Crippen LogP contribution in [-0.2, 0) is 14.3 Å². The van der Waals surface area contributed by atoms with Crippen molar-refractivity contribution in [1.29, 1.82) is 0 Å². The normalized spacial score (nSPS) is 14.8. The molecule has 1 fully saturated rings. The van der Waals surface area contributed by atoms with Gasteiger partial charge in [-0.05, 0) is 54.8 Å². The SMILES string of the molecule is CCCN(C=O)CC(c1ccc(OCC(=O)NCCN2CCOCC2)cc1)c1[nH]c2ccc(Cl)cc2c1C. The Balaban J connectivity index is 1.42. The van der Waals surface area contributed by atoms with Crippen LogP contribution < -0.4 is 10.1 Å². The number of aryl methyl sites for hydroxylation is 1. The maximum Gasteiger partial charge on any atom is 0.257 e. The number of carbonyl (C=O) groups is 2. The second-order valence-corrected chi connectivity index (χ2v) is 10.1. The highest BCUT2D eigenvalue weighted by molar-refractivity contribution is 6.31. The Bertz CT molecular complexity index is 1210. The highest BCUT2D eigenvalue weighted by atomic mass is 35.5. The van der Waals surface area contributed by atoms with Gasteiger partial charge in [0, 0.05) is 66.8 Å². The third kappa shape index (κ3) is 7.28. The molecule has 3 aromatic rings. The molecule has 0 radical (unpaired) electrons. The van der Waals surface area contributed by atoms with Crippen molar-refractivity contribution in [2.24, 2.45) is 0 Å². The van der Waals surface area contributed by atoms with Crippen LogP contribution in [0.4, 0.5) is 0 Å². The van der Waals surface area contributed by atoms with Gasteiger partial charge >= 0.3 is 0 Å². The minimum Gasteiger partial charge on any atom is -0.484 e. The van der Waals surface area contributed by atoms with Crippen molar-refractivity contribution < 1.29 is 19.1 Å². The van der Waals surface area contributed by atoms with Crippen molar-refractivity contribution in [2.45, 2.75) is 26.2 Å². The van der Waals surface area contributed by atoms with E-state index in [4.69, 9.17) is 21.1 Å². The van der Waals surface area contributed by atoms with E-state index in [0.29, 0.717) is 30.4 Å². The highest BCUT2D eigenvalue weighted by Gasteiger charge is 2.23. The monoisotopic (exact) mass is 540 g/mol. The average Bonchev–Trinajstić information content (AvgIpc) is 3.26. The molecule has 2 amide bonds. The molecule has 1 unspecified atom stereocenters. The lowest BCUT2D eigenvalue weighted by atomic mass is 9.92. The first kappa shape index (κ1) is 28.0. The summed E-state index contributed by atoms with van der Waals surface area (Å²) in [5.74, 6) is 0.418. The molecule has 1 atom stereocenters. The van der Waals surface area contributed by atoms with Gasteiger partial charge in [0.25, 0.3) is 5.91 Å². The van der Waals surface area contributed by atoms with E-state index in [2.05, 4.69) is 29.0 Å². The Hall–Kier alpha value is -3.07. The second-order valence-electron chi connectivity index (χ2n) is 9.67. The van der Waals surface area contributed by atoms with Crippen LogP contribution in [0.2, 0.25) is 5.02 Å². The zero-order valence-corrected chi connectivity index (χ0v) is 22.9. The van der Waals surface area contributed by atoms with Gasteiger partial charge in [0.2, 0.25) is 6.41 Å². The number of aromatic nitrogens is 1. The fourth-order valence-corrected chi connectivity index (χ4v) is 5.09. The first-order valence-corrected chi connectivity index (χ1v) is 13.6. The van der Waals surface area contributed by atoms with Gasteiger partial charge in [-0.1, -0.05) is 30.7 Å². The lowest BCUT2D eigenvalue weighted by Gasteiger charge is -2.26. The number of ether oxygens (including phenoxy) is 2. The van der Waals surface area contributed by atoms with Gasteiger partial charge in [-0.3, -0.25) is 14.5 Å². The first-order valence-electron chi connectivity index (χ1n) is 13.2. The number of H-pyrrole nitrogens is 1. The maximum atomic E-state index is 12.2. The molecular formula is C29H37ClN4O4. The number of morpholine rings is 1. The van der Waals surface area contributed by atoms with E-state index in [1.165, 1.54) is 0 Å².